The van der Waals surface area contributed by atoms with Crippen molar-refractivity contribution in [1.29, 1.82) is 0 Å². The van der Waals surface area contributed by atoms with E-state index in [2.05, 4.69) is 9.93 Å². The number of ether oxygens (including phenoxy) is 4. The van der Waals surface area contributed by atoms with Gasteiger partial charge >= 0.3 is 0 Å². The molecule has 0 aliphatic heterocycles. The van der Waals surface area contributed by atoms with Crippen LogP contribution < -0.4 is 23.8 Å². The summed E-state index contributed by atoms with van der Waals surface area (Å²) >= 11 is 0. The molecule has 0 heterocycles. The Morgan fingerprint density at radius 2 is 1.58 bits per heavy atom. The summed E-state index contributed by atoms with van der Waals surface area (Å²) in [6.45, 7) is 0. The van der Waals surface area contributed by atoms with Crippen LogP contribution in [0.2, 0.25) is 0 Å². The number of methoxy groups -OCH3 is 4. The Balaban J connectivity index is 2.25. The molecule has 0 aliphatic carbocycles. The molecule has 0 aromatic heterocycles. The Morgan fingerprint density at radius 3 is 2.19 bits per heavy atom. The molecule has 0 fully saturated rings. The van der Waals surface area contributed by atoms with E-state index in [0.29, 0.717) is 28.6 Å². The van der Waals surface area contributed by atoms with E-state index in [1.807, 2.05) is 0 Å². The van der Waals surface area contributed by atoms with Crippen molar-refractivity contribution >= 4 is 16.2 Å². The zero-order valence-electron chi connectivity index (χ0n) is 14.8. The summed E-state index contributed by atoms with van der Waals surface area (Å²) in [5.74, 6) is 1.69. The molecule has 140 valence electrons. The Kier molecular flexibility index (Phi) is 6.29. The molecule has 2 aromatic carbocycles. The van der Waals surface area contributed by atoms with Gasteiger partial charge in [-0.25, -0.2) is 4.83 Å². The molecule has 2 aromatic rings. The molecule has 0 amide bonds. The van der Waals surface area contributed by atoms with Crippen LogP contribution >= 0.6 is 0 Å². The van der Waals surface area contributed by atoms with Crippen LogP contribution in [0.4, 0.5) is 0 Å². The molecule has 0 spiro atoms. The van der Waals surface area contributed by atoms with Gasteiger partial charge in [0.2, 0.25) is 0 Å². The van der Waals surface area contributed by atoms with E-state index in [4.69, 9.17) is 18.9 Å². The first-order chi connectivity index (χ1) is 12.5. The third-order valence-corrected chi connectivity index (χ3v) is 4.70. The number of para-hydroxylation sites is 1. The van der Waals surface area contributed by atoms with Crippen molar-refractivity contribution in [2.75, 3.05) is 28.4 Å². The van der Waals surface area contributed by atoms with Crippen LogP contribution in [0.5, 0.6) is 23.0 Å². The Morgan fingerprint density at radius 1 is 0.885 bits per heavy atom. The minimum atomic E-state index is -3.88. The number of nitrogens with one attached hydrogen (secondary N) is 1. The molecule has 0 aliphatic rings. The maximum absolute atomic E-state index is 12.4. The van der Waals surface area contributed by atoms with Gasteiger partial charge in [-0.05, 0) is 24.3 Å². The third-order valence-electron chi connectivity index (χ3n) is 3.48. The first-order valence-corrected chi connectivity index (χ1v) is 8.93. The Labute approximate surface area is 152 Å². The van der Waals surface area contributed by atoms with Crippen LogP contribution in [0.1, 0.15) is 5.56 Å². The van der Waals surface area contributed by atoms with Crippen molar-refractivity contribution in [2.24, 2.45) is 5.10 Å². The van der Waals surface area contributed by atoms with E-state index in [-0.39, 0.29) is 4.90 Å². The number of nitrogens with zero attached hydrogens (tertiary/aromatic N) is 1. The highest BCUT2D eigenvalue weighted by Crippen LogP contribution is 2.30. The molecule has 2 rings (SSSR count). The summed E-state index contributed by atoms with van der Waals surface area (Å²) in [5, 5.41) is 3.80. The number of benzene rings is 2. The van der Waals surface area contributed by atoms with Gasteiger partial charge < -0.3 is 18.9 Å². The second kappa shape index (κ2) is 8.43. The van der Waals surface area contributed by atoms with Gasteiger partial charge in [0.15, 0.2) is 23.0 Å². The van der Waals surface area contributed by atoms with Crippen LogP contribution in [0.25, 0.3) is 0 Å². The summed E-state index contributed by atoms with van der Waals surface area (Å²) < 4.78 is 45.4. The molecule has 0 atom stereocenters. The summed E-state index contributed by atoms with van der Waals surface area (Å²) in [6, 6.07) is 9.43. The molecule has 9 heteroatoms. The SMILES string of the molecule is COc1ccc(S(=O)(=O)N/N=C/c2cccc(OC)c2OC)cc1OC. The second-order valence-corrected chi connectivity index (χ2v) is 6.61. The van der Waals surface area contributed by atoms with E-state index in [9.17, 15) is 8.42 Å². The van der Waals surface area contributed by atoms with E-state index < -0.39 is 10.0 Å². The Hall–Kier alpha value is -2.94. The molecule has 0 saturated heterocycles. The average molecular weight is 380 g/mol. The normalized spacial score (nSPS) is 11.2. The van der Waals surface area contributed by atoms with Gasteiger partial charge in [-0.2, -0.15) is 13.5 Å². The predicted molar refractivity (Wildman–Crippen MR) is 97.0 cm³/mol. The van der Waals surface area contributed by atoms with Crippen LogP contribution in [0.15, 0.2) is 46.4 Å². The lowest BCUT2D eigenvalue weighted by atomic mass is 10.2. The fourth-order valence-corrected chi connectivity index (χ4v) is 3.02. The van der Waals surface area contributed by atoms with Crippen molar-refractivity contribution in [3.8, 4) is 23.0 Å². The summed E-state index contributed by atoms with van der Waals surface area (Å²) in [6.07, 6.45) is 1.33. The lowest BCUT2D eigenvalue weighted by Gasteiger charge is -2.10. The van der Waals surface area contributed by atoms with Gasteiger partial charge in [0, 0.05) is 11.6 Å². The lowest BCUT2D eigenvalue weighted by molar-refractivity contribution is 0.354. The van der Waals surface area contributed by atoms with Gasteiger partial charge in [-0.15, -0.1) is 0 Å². The smallest absolute Gasteiger partial charge is 0.276 e. The third kappa shape index (κ3) is 4.17. The fourth-order valence-electron chi connectivity index (χ4n) is 2.22. The minimum Gasteiger partial charge on any atom is -0.493 e. The van der Waals surface area contributed by atoms with Gasteiger partial charge in [0.25, 0.3) is 10.0 Å². The van der Waals surface area contributed by atoms with E-state index >= 15 is 0 Å². The summed E-state index contributed by atoms with van der Waals surface area (Å²) in [7, 11) is 2.02. The lowest BCUT2D eigenvalue weighted by Crippen LogP contribution is -2.18. The Bertz CT molecular complexity index is 896. The highest BCUT2D eigenvalue weighted by atomic mass is 32.2. The monoisotopic (exact) mass is 380 g/mol. The molecule has 1 N–H and O–H groups in total. The first-order valence-electron chi connectivity index (χ1n) is 7.44. The minimum absolute atomic E-state index is 0.00935. The maximum atomic E-state index is 12.4. The first kappa shape index (κ1) is 19.4. The van der Waals surface area contributed by atoms with Crippen LogP contribution in [0, 0.1) is 0 Å². The number of hydrazone groups is 1. The van der Waals surface area contributed by atoms with Gasteiger partial charge in [-0.3, -0.25) is 0 Å². The van der Waals surface area contributed by atoms with E-state index in [0.717, 1.165) is 0 Å². The van der Waals surface area contributed by atoms with Crippen molar-refractivity contribution in [1.82, 2.24) is 4.83 Å². The van der Waals surface area contributed by atoms with E-state index in [1.165, 1.54) is 52.9 Å². The zero-order valence-corrected chi connectivity index (χ0v) is 15.7. The second-order valence-electron chi connectivity index (χ2n) is 4.95. The van der Waals surface area contributed by atoms with Gasteiger partial charge in [0.05, 0.1) is 39.5 Å². The molecule has 0 bridgehead atoms. The molecule has 0 saturated carbocycles. The number of hydrogen-bond acceptors (Lipinski definition) is 7. The van der Waals surface area contributed by atoms with E-state index in [1.54, 1.807) is 18.2 Å². The number of sulfonamides is 1. The van der Waals surface area contributed by atoms with Crippen LogP contribution in [-0.4, -0.2) is 43.1 Å². The number of hydrogen-bond donors (Lipinski definition) is 1. The quantitative estimate of drug-likeness (QED) is 0.556. The standard InChI is InChI=1S/C17H20N2O6S/c1-22-14-9-8-13(10-16(14)24-3)26(20,21)19-18-11-12-6-5-7-15(23-2)17(12)25-4/h5-11,19H,1-4H3/b18-11+. The maximum Gasteiger partial charge on any atom is 0.276 e. The zero-order chi connectivity index (χ0) is 19.2. The fraction of sp³-hybridized carbons (Fsp3) is 0.235. The highest BCUT2D eigenvalue weighted by molar-refractivity contribution is 7.89. The number of rotatable bonds is 8. The molecule has 0 radical (unpaired) electrons. The molecular weight excluding hydrogens is 360 g/mol. The van der Waals surface area contributed by atoms with Crippen LogP contribution in [-0.2, 0) is 10.0 Å². The molecule has 26 heavy (non-hydrogen) atoms. The molecular formula is C17H20N2O6S. The predicted octanol–water partition coefficient (Wildman–Crippen LogP) is 2.03. The average Bonchev–Trinajstić information content (AvgIpc) is 2.66. The van der Waals surface area contributed by atoms with Crippen molar-refractivity contribution < 1.29 is 27.4 Å². The van der Waals surface area contributed by atoms with Crippen molar-refractivity contribution in [3.63, 3.8) is 0 Å². The van der Waals surface area contributed by atoms with Crippen LogP contribution in [0.3, 0.4) is 0 Å². The van der Waals surface area contributed by atoms with Crippen molar-refractivity contribution in [3.05, 3.63) is 42.0 Å². The van der Waals surface area contributed by atoms with Gasteiger partial charge in [-0.1, -0.05) is 6.07 Å². The topological polar surface area (TPSA) is 95.5 Å². The largest absolute Gasteiger partial charge is 0.493 e. The molecule has 8 nitrogen and oxygen atoms in total. The summed E-state index contributed by atoms with van der Waals surface area (Å²) in [4.78, 5) is 2.14. The van der Waals surface area contributed by atoms with Crippen molar-refractivity contribution in [2.45, 2.75) is 4.90 Å². The molecule has 0 unspecified atom stereocenters. The highest BCUT2D eigenvalue weighted by Gasteiger charge is 2.16. The van der Waals surface area contributed by atoms with Gasteiger partial charge in [0.1, 0.15) is 0 Å². The summed E-state index contributed by atoms with van der Waals surface area (Å²) in [5.41, 5.74) is 0.557.